The molecule has 1 saturated heterocycles. The quantitative estimate of drug-likeness (QED) is 0.819. The Morgan fingerprint density at radius 3 is 2.35 bits per heavy atom. The maximum atomic E-state index is 12.9. The molecule has 5 heteroatoms. The molecule has 0 bridgehead atoms. The molecule has 1 atom stereocenters. The zero-order valence-corrected chi connectivity index (χ0v) is 13.8. The predicted octanol–water partition coefficient (Wildman–Crippen LogP) is 2.36. The SMILES string of the molecule is CC(C)CN(CC1CCCN1)S(=O)(=O)C1CCCCC1. The molecule has 2 fully saturated rings. The van der Waals surface area contributed by atoms with Gasteiger partial charge in [-0.2, -0.15) is 4.31 Å². The maximum Gasteiger partial charge on any atom is 0.217 e. The zero-order chi connectivity index (χ0) is 14.6. The summed E-state index contributed by atoms with van der Waals surface area (Å²) in [5.41, 5.74) is 0. The summed E-state index contributed by atoms with van der Waals surface area (Å²) in [4.78, 5) is 0. The van der Waals surface area contributed by atoms with E-state index in [0.29, 0.717) is 25.0 Å². The average Bonchev–Trinajstić information content (AvgIpc) is 2.91. The Kier molecular flexibility index (Phi) is 5.87. The Hall–Kier alpha value is -0.130. The Balaban J connectivity index is 2.06. The second-order valence-corrected chi connectivity index (χ2v) is 9.02. The largest absolute Gasteiger partial charge is 0.313 e. The number of hydrogen-bond acceptors (Lipinski definition) is 3. The highest BCUT2D eigenvalue weighted by Gasteiger charge is 2.34. The molecular weight excluding hydrogens is 272 g/mol. The van der Waals surface area contributed by atoms with E-state index in [4.69, 9.17) is 0 Å². The Bertz CT molecular complexity index is 383. The molecule has 1 aliphatic heterocycles. The predicted molar refractivity (Wildman–Crippen MR) is 83.2 cm³/mol. The lowest BCUT2D eigenvalue weighted by Gasteiger charge is -2.32. The molecule has 0 spiro atoms. The molecule has 2 rings (SSSR count). The van der Waals surface area contributed by atoms with E-state index in [9.17, 15) is 8.42 Å². The van der Waals surface area contributed by atoms with Gasteiger partial charge in [0.25, 0.3) is 0 Å². The second-order valence-electron chi connectivity index (χ2n) is 6.81. The molecular formula is C15H30N2O2S. The van der Waals surface area contributed by atoms with Gasteiger partial charge in [0.05, 0.1) is 5.25 Å². The molecule has 0 aromatic heterocycles. The number of sulfonamides is 1. The number of hydrogen-bond donors (Lipinski definition) is 1. The van der Waals surface area contributed by atoms with Gasteiger partial charge in [-0.1, -0.05) is 33.1 Å². The van der Waals surface area contributed by atoms with Crippen LogP contribution in [-0.2, 0) is 10.0 Å². The van der Waals surface area contributed by atoms with Crippen LogP contribution >= 0.6 is 0 Å². The monoisotopic (exact) mass is 302 g/mol. The van der Waals surface area contributed by atoms with Crippen molar-refractivity contribution >= 4 is 10.0 Å². The third-order valence-electron chi connectivity index (χ3n) is 4.49. The molecule has 0 aromatic rings. The van der Waals surface area contributed by atoms with Crippen molar-refractivity contribution in [3.8, 4) is 0 Å². The van der Waals surface area contributed by atoms with E-state index in [1.807, 2.05) is 0 Å². The highest BCUT2D eigenvalue weighted by atomic mass is 32.2. The van der Waals surface area contributed by atoms with Crippen LogP contribution in [0.2, 0.25) is 0 Å². The fourth-order valence-electron chi connectivity index (χ4n) is 3.42. The first-order valence-corrected chi connectivity index (χ1v) is 9.73. The lowest BCUT2D eigenvalue weighted by Crippen LogP contribution is -2.46. The highest BCUT2D eigenvalue weighted by Crippen LogP contribution is 2.27. The molecule has 1 heterocycles. The summed E-state index contributed by atoms with van der Waals surface area (Å²) in [5, 5.41) is 3.30. The molecule has 2 aliphatic rings. The Morgan fingerprint density at radius 1 is 1.10 bits per heavy atom. The van der Waals surface area contributed by atoms with Gasteiger partial charge in [-0.25, -0.2) is 8.42 Å². The fraction of sp³-hybridized carbons (Fsp3) is 1.00. The van der Waals surface area contributed by atoms with Crippen molar-refractivity contribution < 1.29 is 8.42 Å². The number of rotatable bonds is 6. The first-order chi connectivity index (χ1) is 9.50. The minimum Gasteiger partial charge on any atom is -0.313 e. The van der Waals surface area contributed by atoms with Crippen LogP contribution in [0.3, 0.4) is 0 Å². The summed E-state index contributed by atoms with van der Waals surface area (Å²) in [5.74, 6) is 0.384. The number of nitrogens with zero attached hydrogens (tertiary/aromatic N) is 1. The van der Waals surface area contributed by atoms with Gasteiger partial charge in [0, 0.05) is 19.1 Å². The van der Waals surface area contributed by atoms with Crippen LogP contribution in [0.25, 0.3) is 0 Å². The summed E-state index contributed by atoms with van der Waals surface area (Å²) in [6, 6.07) is 0.354. The van der Waals surface area contributed by atoms with Gasteiger partial charge in [-0.05, 0) is 38.1 Å². The summed E-state index contributed by atoms with van der Waals surface area (Å²) in [6.07, 6.45) is 7.32. The highest BCUT2D eigenvalue weighted by molar-refractivity contribution is 7.89. The van der Waals surface area contributed by atoms with E-state index in [0.717, 1.165) is 38.6 Å². The maximum absolute atomic E-state index is 12.9. The van der Waals surface area contributed by atoms with E-state index in [1.165, 1.54) is 12.8 Å². The second kappa shape index (κ2) is 7.23. The topological polar surface area (TPSA) is 49.4 Å². The van der Waals surface area contributed by atoms with Crippen molar-refractivity contribution in [1.82, 2.24) is 9.62 Å². The smallest absolute Gasteiger partial charge is 0.217 e. The van der Waals surface area contributed by atoms with Gasteiger partial charge in [-0.3, -0.25) is 0 Å². The van der Waals surface area contributed by atoms with Crippen LogP contribution in [0.15, 0.2) is 0 Å². The van der Waals surface area contributed by atoms with Crippen LogP contribution in [0.5, 0.6) is 0 Å². The van der Waals surface area contributed by atoms with Gasteiger partial charge in [0.1, 0.15) is 0 Å². The molecule has 0 aromatic carbocycles. The lowest BCUT2D eigenvalue weighted by molar-refractivity contribution is 0.326. The fourth-order valence-corrected chi connectivity index (χ4v) is 5.67. The molecule has 1 N–H and O–H groups in total. The third kappa shape index (κ3) is 4.18. The first kappa shape index (κ1) is 16.2. The summed E-state index contributed by atoms with van der Waals surface area (Å²) in [7, 11) is -3.11. The van der Waals surface area contributed by atoms with Crippen LogP contribution in [0.1, 0.15) is 58.8 Å². The van der Waals surface area contributed by atoms with E-state index in [-0.39, 0.29) is 5.25 Å². The molecule has 1 aliphatic carbocycles. The molecule has 1 unspecified atom stereocenters. The molecule has 0 radical (unpaired) electrons. The van der Waals surface area contributed by atoms with Gasteiger partial charge < -0.3 is 5.32 Å². The number of nitrogens with one attached hydrogen (secondary N) is 1. The van der Waals surface area contributed by atoms with Crippen molar-refractivity contribution in [3.63, 3.8) is 0 Å². The summed E-state index contributed by atoms with van der Waals surface area (Å²) < 4.78 is 27.6. The van der Waals surface area contributed by atoms with E-state index >= 15 is 0 Å². The molecule has 0 amide bonds. The van der Waals surface area contributed by atoms with Crippen molar-refractivity contribution in [3.05, 3.63) is 0 Å². The van der Waals surface area contributed by atoms with Gasteiger partial charge >= 0.3 is 0 Å². The van der Waals surface area contributed by atoms with Crippen molar-refractivity contribution in [1.29, 1.82) is 0 Å². The Morgan fingerprint density at radius 2 is 1.80 bits per heavy atom. The van der Waals surface area contributed by atoms with Crippen LogP contribution in [-0.4, -0.2) is 43.6 Å². The minimum absolute atomic E-state index is 0.128. The third-order valence-corrected chi connectivity index (χ3v) is 6.82. The van der Waals surface area contributed by atoms with Crippen molar-refractivity contribution in [2.24, 2.45) is 5.92 Å². The van der Waals surface area contributed by atoms with Crippen molar-refractivity contribution in [2.45, 2.75) is 70.1 Å². The summed E-state index contributed by atoms with van der Waals surface area (Å²) in [6.45, 7) is 6.56. The van der Waals surface area contributed by atoms with E-state index in [2.05, 4.69) is 19.2 Å². The van der Waals surface area contributed by atoms with Crippen molar-refractivity contribution in [2.75, 3.05) is 19.6 Å². The molecule has 20 heavy (non-hydrogen) atoms. The first-order valence-electron chi connectivity index (χ1n) is 8.22. The van der Waals surface area contributed by atoms with E-state index in [1.54, 1.807) is 4.31 Å². The summed E-state index contributed by atoms with van der Waals surface area (Å²) >= 11 is 0. The molecule has 4 nitrogen and oxygen atoms in total. The van der Waals surface area contributed by atoms with Gasteiger partial charge in [0.15, 0.2) is 0 Å². The Labute approximate surface area is 124 Å². The molecule has 118 valence electrons. The van der Waals surface area contributed by atoms with Crippen LogP contribution < -0.4 is 5.32 Å². The van der Waals surface area contributed by atoms with Gasteiger partial charge in [-0.15, -0.1) is 0 Å². The minimum atomic E-state index is -3.11. The lowest BCUT2D eigenvalue weighted by atomic mass is 10.0. The zero-order valence-electron chi connectivity index (χ0n) is 13.0. The van der Waals surface area contributed by atoms with Crippen LogP contribution in [0, 0.1) is 5.92 Å². The van der Waals surface area contributed by atoms with Crippen LogP contribution in [0.4, 0.5) is 0 Å². The standard InChI is InChI=1S/C15H30N2O2S/c1-13(2)11-17(12-14-7-6-10-16-14)20(18,19)15-8-4-3-5-9-15/h13-16H,3-12H2,1-2H3. The molecule has 1 saturated carbocycles. The average molecular weight is 302 g/mol. The van der Waals surface area contributed by atoms with Gasteiger partial charge in [0.2, 0.25) is 10.0 Å². The normalized spacial score (nSPS) is 25.7. The van der Waals surface area contributed by atoms with E-state index < -0.39 is 10.0 Å².